The second kappa shape index (κ2) is 11.4. The largest absolute Gasteiger partial charge is 0.382 e. The molecule has 2 aliphatic rings. The molecule has 6 nitrogen and oxygen atoms in total. The van der Waals surface area contributed by atoms with Crippen molar-refractivity contribution in [3.63, 3.8) is 0 Å². The molecular formula is C30H33ClN4O2. The maximum absolute atomic E-state index is 12.8. The van der Waals surface area contributed by atoms with Gasteiger partial charge >= 0.3 is 0 Å². The number of carbonyl (C=O) groups is 1. The summed E-state index contributed by atoms with van der Waals surface area (Å²) in [5.41, 5.74) is 3.95. The molecular weight excluding hydrogens is 484 g/mol. The lowest BCUT2D eigenvalue weighted by Crippen LogP contribution is -2.50. The SMILES string of the molecule is Cc1cc(NC2CCC(OCC(=O)N3CCN(c4ccc5cc(Cl)ccc5c4)CC3)CC2)ccc1C#N. The lowest BCUT2D eigenvalue weighted by Gasteiger charge is -2.36. The van der Waals surface area contributed by atoms with E-state index >= 15 is 0 Å². The van der Waals surface area contributed by atoms with Gasteiger partial charge in [0.05, 0.1) is 17.7 Å². The topological polar surface area (TPSA) is 68.6 Å². The van der Waals surface area contributed by atoms with E-state index in [9.17, 15) is 4.79 Å². The van der Waals surface area contributed by atoms with Crippen LogP contribution in [0.15, 0.2) is 54.6 Å². The molecule has 1 heterocycles. The molecule has 1 amide bonds. The number of piperazine rings is 1. The molecule has 192 valence electrons. The van der Waals surface area contributed by atoms with Crippen molar-refractivity contribution in [2.45, 2.75) is 44.8 Å². The minimum atomic E-state index is 0.0844. The summed E-state index contributed by atoms with van der Waals surface area (Å²) in [4.78, 5) is 17.1. The van der Waals surface area contributed by atoms with Crippen LogP contribution in [-0.4, -0.2) is 55.7 Å². The number of benzene rings is 3. The highest BCUT2D eigenvalue weighted by Gasteiger charge is 2.25. The Hall–Kier alpha value is -3.27. The van der Waals surface area contributed by atoms with E-state index in [1.165, 1.54) is 11.1 Å². The Labute approximate surface area is 223 Å². The summed E-state index contributed by atoms with van der Waals surface area (Å²) in [6.07, 6.45) is 4.04. The predicted molar refractivity (Wildman–Crippen MR) is 149 cm³/mol. The van der Waals surface area contributed by atoms with E-state index in [4.69, 9.17) is 21.6 Å². The lowest BCUT2D eigenvalue weighted by atomic mass is 9.92. The minimum Gasteiger partial charge on any atom is -0.382 e. The van der Waals surface area contributed by atoms with Gasteiger partial charge in [-0.1, -0.05) is 23.7 Å². The van der Waals surface area contributed by atoms with Crippen LogP contribution in [-0.2, 0) is 9.53 Å². The molecule has 1 saturated carbocycles. The van der Waals surface area contributed by atoms with Crippen molar-refractivity contribution in [2.24, 2.45) is 0 Å². The van der Waals surface area contributed by atoms with Crippen molar-refractivity contribution in [1.82, 2.24) is 4.90 Å². The summed E-state index contributed by atoms with van der Waals surface area (Å²) < 4.78 is 6.04. The molecule has 0 bridgehead atoms. The summed E-state index contributed by atoms with van der Waals surface area (Å²) in [7, 11) is 0. The smallest absolute Gasteiger partial charge is 0.248 e. The van der Waals surface area contributed by atoms with Gasteiger partial charge in [-0.2, -0.15) is 5.26 Å². The highest BCUT2D eigenvalue weighted by Crippen LogP contribution is 2.27. The molecule has 5 rings (SSSR count). The molecule has 0 unspecified atom stereocenters. The highest BCUT2D eigenvalue weighted by atomic mass is 35.5. The van der Waals surface area contributed by atoms with Crippen LogP contribution in [0.2, 0.25) is 5.02 Å². The molecule has 1 aliphatic heterocycles. The van der Waals surface area contributed by atoms with Crippen molar-refractivity contribution >= 4 is 39.7 Å². The first-order valence-corrected chi connectivity index (χ1v) is 13.5. The Morgan fingerprint density at radius 3 is 2.46 bits per heavy atom. The summed E-state index contributed by atoms with van der Waals surface area (Å²) in [5.74, 6) is 0.0844. The van der Waals surface area contributed by atoms with E-state index in [1.54, 1.807) is 0 Å². The van der Waals surface area contributed by atoms with Gasteiger partial charge in [-0.05, 0) is 91.4 Å². The number of nitrogens with zero attached hydrogens (tertiary/aromatic N) is 3. The van der Waals surface area contributed by atoms with Gasteiger partial charge in [-0.15, -0.1) is 0 Å². The maximum Gasteiger partial charge on any atom is 0.248 e. The van der Waals surface area contributed by atoms with Gasteiger partial charge in [-0.25, -0.2) is 0 Å². The third-order valence-corrected chi connectivity index (χ3v) is 7.85. The van der Waals surface area contributed by atoms with Crippen LogP contribution in [0, 0.1) is 18.3 Å². The van der Waals surface area contributed by atoms with Gasteiger partial charge in [0.15, 0.2) is 0 Å². The van der Waals surface area contributed by atoms with Crippen LogP contribution < -0.4 is 10.2 Å². The Balaban J connectivity index is 1.04. The Morgan fingerprint density at radius 1 is 1.00 bits per heavy atom. The normalized spacial score (nSPS) is 20.0. The van der Waals surface area contributed by atoms with Gasteiger partial charge in [0.1, 0.15) is 6.61 Å². The number of halogens is 1. The van der Waals surface area contributed by atoms with E-state index in [2.05, 4.69) is 40.6 Å². The highest BCUT2D eigenvalue weighted by molar-refractivity contribution is 6.31. The number of amides is 1. The van der Waals surface area contributed by atoms with Crippen LogP contribution in [0.25, 0.3) is 10.8 Å². The molecule has 7 heteroatoms. The monoisotopic (exact) mass is 516 g/mol. The van der Waals surface area contributed by atoms with Crippen molar-refractivity contribution in [2.75, 3.05) is 43.0 Å². The van der Waals surface area contributed by atoms with Gasteiger partial charge in [0.25, 0.3) is 0 Å². The summed E-state index contributed by atoms with van der Waals surface area (Å²) in [6, 6.07) is 20.9. The molecule has 0 spiro atoms. The second-order valence-electron chi connectivity index (χ2n) is 10.1. The number of hydrogen-bond acceptors (Lipinski definition) is 5. The molecule has 3 aromatic carbocycles. The first-order valence-electron chi connectivity index (χ1n) is 13.1. The average Bonchev–Trinajstić information content (AvgIpc) is 2.92. The van der Waals surface area contributed by atoms with Crippen molar-refractivity contribution < 1.29 is 9.53 Å². The van der Waals surface area contributed by atoms with E-state index < -0.39 is 0 Å². The fourth-order valence-corrected chi connectivity index (χ4v) is 5.56. The van der Waals surface area contributed by atoms with E-state index in [-0.39, 0.29) is 18.6 Å². The van der Waals surface area contributed by atoms with Gasteiger partial charge < -0.3 is 19.9 Å². The zero-order chi connectivity index (χ0) is 25.8. The Morgan fingerprint density at radius 2 is 1.73 bits per heavy atom. The van der Waals surface area contributed by atoms with Gasteiger partial charge in [-0.3, -0.25) is 4.79 Å². The maximum atomic E-state index is 12.8. The van der Waals surface area contributed by atoms with Crippen LogP contribution in [0.5, 0.6) is 0 Å². The van der Waals surface area contributed by atoms with Gasteiger partial charge in [0, 0.05) is 48.6 Å². The lowest BCUT2D eigenvalue weighted by molar-refractivity contribution is -0.139. The standard InChI is InChI=1S/C30H33ClN4O2/c1-21-16-27(6-3-24(21)19-32)33-26-7-10-29(11-8-26)37-20-30(36)35-14-12-34(13-15-35)28-9-4-22-17-25(31)5-2-23(22)18-28/h2-6,9,16-18,26,29,33H,7-8,10-15,20H2,1H3. The number of aryl methyl sites for hydroxylation is 1. The number of fused-ring (bicyclic) bond motifs is 1. The number of nitriles is 1. The molecule has 1 saturated heterocycles. The van der Waals surface area contributed by atoms with E-state index in [0.29, 0.717) is 24.7 Å². The fourth-order valence-electron chi connectivity index (χ4n) is 5.38. The third-order valence-electron chi connectivity index (χ3n) is 7.62. The zero-order valence-corrected chi connectivity index (χ0v) is 22.0. The number of ether oxygens (including phenoxy) is 1. The summed E-state index contributed by atoms with van der Waals surface area (Å²) in [6.45, 7) is 5.18. The summed E-state index contributed by atoms with van der Waals surface area (Å²) >= 11 is 6.11. The molecule has 1 N–H and O–H groups in total. The zero-order valence-electron chi connectivity index (χ0n) is 21.3. The molecule has 2 fully saturated rings. The predicted octanol–water partition coefficient (Wildman–Crippen LogP) is 5.76. The molecule has 0 aromatic heterocycles. The molecule has 3 aromatic rings. The number of nitrogens with one attached hydrogen (secondary N) is 1. The number of hydrogen-bond donors (Lipinski definition) is 1. The van der Waals surface area contributed by atoms with Crippen LogP contribution in [0.1, 0.15) is 36.8 Å². The minimum absolute atomic E-state index is 0.0844. The fraction of sp³-hybridized carbons (Fsp3) is 0.400. The quantitative estimate of drug-likeness (QED) is 0.451. The average molecular weight is 517 g/mol. The Bertz CT molecular complexity index is 1300. The third kappa shape index (κ3) is 6.18. The Kier molecular flexibility index (Phi) is 7.83. The number of anilines is 2. The van der Waals surface area contributed by atoms with Crippen LogP contribution in [0.3, 0.4) is 0 Å². The van der Waals surface area contributed by atoms with Crippen LogP contribution >= 0.6 is 11.6 Å². The molecule has 0 atom stereocenters. The van der Waals surface area contributed by atoms with E-state index in [0.717, 1.165) is 60.4 Å². The van der Waals surface area contributed by atoms with Crippen molar-refractivity contribution in [3.05, 3.63) is 70.7 Å². The van der Waals surface area contributed by atoms with Crippen molar-refractivity contribution in [1.29, 1.82) is 5.26 Å². The molecule has 0 radical (unpaired) electrons. The summed E-state index contributed by atoms with van der Waals surface area (Å²) in [5, 5.41) is 15.8. The molecule has 1 aliphatic carbocycles. The van der Waals surface area contributed by atoms with E-state index in [1.807, 2.05) is 42.2 Å². The number of rotatable bonds is 6. The first-order chi connectivity index (χ1) is 18.0. The first kappa shape index (κ1) is 25.4. The second-order valence-corrected chi connectivity index (χ2v) is 10.6. The molecule has 37 heavy (non-hydrogen) atoms. The van der Waals surface area contributed by atoms with Gasteiger partial charge in [0.2, 0.25) is 5.91 Å². The van der Waals surface area contributed by atoms with Crippen LogP contribution in [0.4, 0.5) is 11.4 Å². The van der Waals surface area contributed by atoms with Crippen molar-refractivity contribution in [3.8, 4) is 6.07 Å². The number of carbonyl (C=O) groups excluding carboxylic acids is 1.